The number of hydrogen-bond donors (Lipinski definition) is 1. The molecule has 0 spiro atoms. The smallest absolute Gasteiger partial charge is 0.268 e. The van der Waals surface area contributed by atoms with Crippen LogP contribution in [0.4, 0.5) is 10.1 Å². The third kappa shape index (κ3) is 4.81. The minimum atomic E-state index is -0.491. The molecule has 0 bridgehead atoms. The van der Waals surface area contributed by atoms with Crippen molar-refractivity contribution in [2.75, 3.05) is 12.4 Å². The van der Waals surface area contributed by atoms with Crippen LogP contribution in [0.15, 0.2) is 90.0 Å². The second-order valence-corrected chi connectivity index (χ2v) is 8.44. The average molecular weight is 495 g/mol. The summed E-state index contributed by atoms with van der Waals surface area (Å²) in [5.41, 5.74) is 2.36. The van der Waals surface area contributed by atoms with Crippen LogP contribution in [0.5, 0.6) is 11.5 Å². The standard InChI is InChI=1S/C29H23FN4O3/c1-18-33-17-24(29(36)34(18)21-10-8-20(30)9-11-21)26(35)16-19-6-12-22(13-7-19)37-27-14-15-32-28-23(27)4-3-5-25(28)31-2/h3-15,17,31H,16H2,1-2H3. The Hall–Kier alpha value is -4.85. The topological polar surface area (TPSA) is 86.1 Å². The maximum absolute atomic E-state index is 13.3. The highest BCUT2D eigenvalue weighted by Crippen LogP contribution is 2.32. The van der Waals surface area contributed by atoms with E-state index < -0.39 is 11.4 Å². The number of para-hydroxylation sites is 1. The summed E-state index contributed by atoms with van der Waals surface area (Å²) in [7, 11) is 1.84. The van der Waals surface area contributed by atoms with Gasteiger partial charge in [0.2, 0.25) is 0 Å². The minimum absolute atomic E-state index is 0.0212. The van der Waals surface area contributed by atoms with Gasteiger partial charge in [-0.2, -0.15) is 0 Å². The first-order valence-electron chi connectivity index (χ1n) is 11.6. The number of rotatable bonds is 7. The summed E-state index contributed by atoms with van der Waals surface area (Å²) >= 11 is 0. The van der Waals surface area contributed by atoms with E-state index in [2.05, 4.69) is 15.3 Å². The second-order valence-electron chi connectivity index (χ2n) is 8.44. The molecule has 0 aliphatic heterocycles. The fraction of sp³-hybridized carbons (Fsp3) is 0.103. The summed E-state index contributed by atoms with van der Waals surface area (Å²) in [6.07, 6.45) is 3.01. The molecular weight excluding hydrogens is 471 g/mol. The first-order chi connectivity index (χ1) is 17.9. The first kappa shape index (κ1) is 23.9. The molecule has 5 rings (SSSR count). The largest absolute Gasteiger partial charge is 0.457 e. The minimum Gasteiger partial charge on any atom is -0.457 e. The van der Waals surface area contributed by atoms with E-state index in [0.29, 0.717) is 23.0 Å². The second kappa shape index (κ2) is 10.0. The van der Waals surface area contributed by atoms with Gasteiger partial charge in [0.05, 0.1) is 16.9 Å². The maximum atomic E-state index is 13.3. The lowest BCUT2D eigenvalue weighted by Crippen LogP contribution is -2.28. The van der Waals surface area contributed by atoms with Crippen molar-refractivity contribution >= 4 is 22.4 Å². The van der Waals surface area contributed by atoms with E-state index in [4.69, 9.17) is 4.74 Å². The molecule has 2 heterocycles. The molecule has 0 atom stereocenters. The van der Waals surface area contributed by atoms with Crippen molar-refractivity contribution in [3.8, 4) is 17.2 Å². The zero-order valence-corrected chi connectivity index (χ0v) is 20.2. The molecule has 0 radical (unpaired) electrons. The highest BCUT2D eigenvalue weighted by molar-refractivity contribution is 5.97. The van der Waals surface area contributed by atoms with Gasteiger partial charge in [-0.3, -0.25) is 19.1 Å². The number of nitrogens with zero attached hydrogens (tertiary/aromatic N) is 3. The van der Waals surface area contributed by atoms with Crippen LogP contribution in [0.1, 0.15) is 21.7 Å². The van der Waals surface area contributed by atoms with Gasteiger partial charge in [0.15, 0.2) is 5.78 Å². The summed E-state index contributed by atoms with van der Waals surface area (Å²) < 4.78 is 20.7. The number of fused-ring (bicyclic) bond motifs is 1. The van der Waals surface area contributed by atoms with Gasteiger partial charge < -0.3 is 10.1 Å². The summed E-state index contributed by atoms with van der Waals surface area (Å²) in [6.45, 7) is 1.66. The number of anilines is 1. The molecule has 3 aromatic carbocycles. The van der Waals surface area contributed by atoms with Crippen LogP contribution in [0.25, 0.3) is 16.6 Å². The van der Waals surface area contributed by atoms with Crippen molar-refractivity contribution < 1.29 is 13.9 Å². The molecule has 2 aromatic heterocycles. The predicted octanol–water partition coefficient (Wildman–Crippen LogP) is 5.49. The number of ether oxygens (including phenoxy) is 1. The Bertz CT molecular complexity index is 1660. The Labute approximate surface area is 212 Å². The molecule has 8 heteroatoms. The number of aromatic nitrogens is 3. The summed E-state index contributed by atoms with van der Waals surface area (Å²) in [4.78, 5) is 34.8. The Kier molecular flexibility index (Phi) is 6.47. The number of benzene rings is 3. The van der Waals surface area contributed by atoms with Crippen molar-refractivity contribution in [3.63, 3.8) is 0 Å². The van der Waals surface area contributed by atoms with Crippen LogP contribution >= 0.6 is 0 Å². The van der Waals surface area contributed by atoms with E-state index in [0.717, 1.165) is 22.2 Å². The molecule has 0 saturated carbocycles. The average Bonchev–Trinajstić information content (AvgIpc) is 2.90. The van der Waals surface area contributed by atoms with Gasteiger partial charge in [-0.25, -0.2) is 9.37 Å². The molecule has 0 saturated heterocycles. The van der Waals surface area contributed by atoms with Crippen LogP contribution in [-0.2, 0) is 6.42 Å². The highest BCUT2D eigenvalue weighted by atomic mass is 19.1. The number of pyridine rings is 1. The molecule has 5 aromatic rings. The summed E-state index contributed by atoms with van der Waals surface area (Å²) in [5.74, 6) is 0.899. The monoisotopic (exact) mass is 494 g/mol. The Balaban J connectivity index is 1.36. The molecule has 0 aliphatic rings. The van der Waals surface area contributed by atoms with E-state index in [1.165, 1.54) is 35.0 Å². The third-order valence-corrected chi connectivity index (χ3v) is 6.04. The normalized spacial score (nSPS) is 10.9. The van der Waals surface area contributed by atoms with Gasteiger partial charge >= 0.3 is 0 Å². The molecule has 1 N–H and O–H groups in total. The molecule has 0 unspecified atom stereocenters. The van der Waals surface area contributed by atoms with E-state index in [-0.39, 0.29) is 17.8 Å². The number of nitrogens with one attached hydrogen (secondary N) is 1. The van der Waals surface area contributed by atoms with Gasteiger partial charge in [0.1, 0.15) is 28.7 Å². The van der Waals surface area contributed by atoms with E-state index >= 15 is 0 Å². The van der Waals surface area contributed by atoms with Crippen LogP contribution in [-0.4, -0.2) is 27.4 Å². The van der Waals surface area contributed by atoms with Crippen molar-refractivity contribution in [2.45, 2.75) is 13.3 Å². The van der Waals surface area contributed by atoms with Crippen LogP contribution in [0, 0.1) is 12.7 Å². The van der Waals surface area contributed by atoms with Gasteiger partial charge in [-0.15, -0.1) is 0 Å². The Morgan fingerprint density at radius 3 is 2.49 bits per heavy atom. The van der Waals surface area contributed by atoms with Crippen LogP contribution in [0.3, 0.4) is 0 Å². The number of hydrogen-bond acceptors (Lipinski definition) is 6. The lowest BCUT2D eigenvalue weighted by atomic mass is 10.0. The number of carbonyl (C=O) groups excluding carboxylic acids is 1. The van der Waals surface area contributed by atoms with Crippen molar-refractivity contribution in [3.05, 3.63) is 118 Å². The molecule has 0 fully saturated rings. The zero-order valence-electron chi connectivity index (χ0n) is 20.2. The molecule has 7 nitrogen and oxygen atoms in total. The van der Waals surface area contributed by atoms with Gasteiger partial charge in [0.25, 0.3) is 5.56 Å². The van der Waals surface area contributed by atoms with Crippen LogP contribution < -0.4 is 15.6 Å². The summed E-state index contributed by atoms with van der Waals surface area (Å²) in [5, 5.41) is 4.00. The fourth-order valence-corrected chi connectivity index (χ4v) is 4.15. The number of aryl methyl sites for hydroxylation is 1. The van der Waals surface area contributed by atoms with Crippen LogP contribution in [0.2, 0.25) is 0 Å². The highest BCUT2D eigenvalue weighted by Gasteiger charge is 2.17. The number of carbonyl (C=O) groups is 1. The quantitative estimate of drug-likeness (QED) is 0.301. The summed E-state index contributed by atoms with van der Waals surface area (Å²) in [6, 6.07) is 20.2. The molecular formula is C29H23FN4O3. The molecule has 0 amide bonds. The lowest BCUT2D eigenvalue weighted by molar-refractivity contribution is 0.0990. The van der Waals surface area contributed by atoms with E-state index in [9.17, 15) is 14.0 Å². The maximum Gasteiger partial charge on any atom is 0.268 e. The van der Waals surface area contributed by atoms with Crippen molar-refractivity contribution in [1.29, 1.82) is 0 Å². The van der Waals surface area contributed by atoms with E-state index in [1.807, 2.05) is 25.2 Å². The molecule has 0 aliphatic carbocycles. The molecule has 37 heavy (non-hydrogen) atoms. The Morgan fingerprint density at radius 1 is 1.00 bits per heavy atom. The third-order valence-electron chi connectivity index (χ3n) is 6.04. The lowest BCUT2D eigenvalue weighted by Gasteiger charge is -2.12. The number of ketones is 1. The number of halogens is 1. The number of Topliss-reactive ketones (excluding diaryl/α,β-unsaturated/α-hetero) is 1. The SMILES string of the molecule is CNc1cccc2c(Oc3ccc(CC(=O)c4cnc(C)n(-c5ccc(F)cc5)c4=O)cc3)ccnc12. The van der Waals surface area contributed by atoms with Crippen molar-refractivity contribution in [1.82, 2.24) is 14.5 Å². The Morgan fingerprint density at radius 2 is 1.76 bits per heavy atom. The van der Waals surface area contributed by atoms with Gasteiger partial charge in [-0.1, -0.05) is 18.2 Å². The molecule has 184 valence electrons. The predicted molar refractivity (Wildman–Crippen MR) is 140 cm³/mol. The van der Waals surface area contributed by atoms with E-state index in [1.54, 1.807) is 43.5 Å². The fourth-order valence-electron chi connectivity index (χ4n) is 4.15. The van der Waals surface area contributed by atoms with Gasteiger partial charge in [0, 0.05) is 31.2 Å². The zero-order chi connectivity index (χ0) is 25.9. The van der Waals surface area contributed by atoms with Crippen molar-refractivity contribution in [2.24, 2.45) is 0 Å². The van der Waals surface area contributed by atoms with Gasteiger partial charge in [-0.05, 0) is 67.1 Å². The first-order valence-corrected chi connectivity index (χ1v) is 11.6.